The Morgan fingerprint density at radius 2 is 1.62 bits per heavy atom. The van der Waals surface area contributed by atoms with Crippen molar-refractivity contribution >= 4 is 17.3 Å². The molecule has 3 aromatic rings. The lowest BCUT2D eigenvalue weighted by molar-refractivity contribution is 0.0975. The van der Waals surface area contributed by atoms with E-state index in [1.165, 1.54) is 12.1 Å². The fourth-order valence-electron chi connectivity index (χ4n) is 3.02. The summed E-state index contributed by atoms with van der Waals surface area (Å²) in [6.07, 6.45) is -0.467. The molecule has 4 heteroatoms. The zero-order valence-electron chi connectivity index (χ0n) is 12.8. The van der Waals surface area contributed by atoms with Crippen molar-refractivity contribution in [2.45, 2.75) is 6.17 Å². The molecule has 0 saturated carbocycles. The van der Waals surface area contributed by atoms with Gasteiger partial charge in [0.15, 0.2) is 0 Å². The van der Waals surface area contributed by atoms with E-state index in [1.807, 2.05) is 54.6 Å². The summed E-state index contributed by atoms with van der Waals surface area (Å²) in [7, 11) is 0. The van der Waals surface area contributed by atoms with E-state index in [-0.39, 0.29) is 11.7 Å². The highest BCUT2D eigenvalue weighted by Crippen LogP contribution is 2.36. The topological polar surface area (TPSA) is 32.3 Å². The van der Waals surface area contributed by atoms with Crippen LogP contribution in [0.25, 0.3) is 0 Å². The Morgan fingerprint density at radius 3 is 2.42 bits per heavy atom. The van der Waals surface area contributed by atoms with E-state index in [1.54, 1.807) is 17.0 Å². The molecule has 118 valence electrons. The van der Waals surface area contributed by atoms with E-state index >= 15 is 0 Å². The number of anilines is 2. The number of hydrogen-bond donors (Lipinski definition) is 1. The van der Waals surface area contributed by atoms with Crippen LogP contribution in [-0.2, 0) is 0 Å². The second kappa shape index (κ2) is 5.81. The normalized spacial score (nSPS) is 16.5. The molecule has 0 bridgehead atoms. The summed E-state index contributed by atoms with van der Waals surface area (Å²) < 4.78 is 13.7. The summed E-state index contributed by atoms with van der Waals surface area (Å²) in [4.78, 5) is 14.7. The molecule has 0 fully saturated rings. The van der Waals surface area contributed by atoms with Gasteiger partial charge in [-0.05, 0) is 42.0 Å². The molecule has 0 aliphatic carbocycles. The fourth-order valence-corrected chi connectivity index (χ4v) is 3.02. The number of hydrogen-bond acceptors (Lipinski definition) is 2. The van der Waals surface area contributed by atoms with Crippen molar-refractivity contribution in [1.29, 1.82) is 0 Å². The smallest absolute Gasteiger partial charge is 0.262 e. The minimum atomic E-state index is -0.467. The Bertz CT molecular complexity index is 895. The van der Waals surface area contributed by atoms with Crippen LogP contribution in [0, 0.1) is 5.82 Å². The van der Waals surface area contributed by atoms with Gasteiger partial charge in [0, 0.05) is 11.4 Å². The molecule has 3 aromatic carbocycles. The van der Waals surface area contributed by atoms with E-state index < -0.39 is 6.17 Å². The van der Waals surface area contributed by atoms with Crippen molar-refractivity contribution in [2.24, 2.45) is 0 Å². The fraction of sp³-hybridized carbons (Fsp3) is 0.0500. The van der Waals surface area contributed by atoms with Gasteiger partial charge in [0.1, 0.15) is 12.0 Å². The summed E-state index contributed by atoms with van der Waals surface area (Å²) in [5.74, 6) is -0.432. The molecule has 1 N–H and O–H groups in total. The van der Waals surface area contributed by atoms with Crippen molar-refractivity contribution in [1.82, 2.24) is 0 Å². The SMILES string of the molecule is O=C1c2ccccc2N[C@H](c2cccc(F)c2)N1c1ccccc1. The van der Waals surface area contributed by atoms with Gasteiger partial charge >= 0.3 is 0 Å². The van der Waals surface area contributed by atoms with Gasteiger partial charge in [0.25, 0.3) is 5.91 Å². The molecule has 4 rings (SSSR count). The average Bonchev–Trinajstić information content (AvgIpc) is 2.62. The predicted molar refractivity (Wildman–Crippen MR) is 92.5 cm³/mol. The van der Waals surface area contributed by atoms with E-state index in [9.17, 15) is 9.18 Å². The molecule has 3 nitrogen and oxygen atoms in total. The van der Waals surface area contributed by atoms with E-state index in [0.29, 0.717) is 11.1 Å². The molecule has 0 aromatic heterocycles. The first-order chi connectivity index (χ1) is 11.7. The van der Waals surface area contributed by atoms with Gasteiger partial charge < -0.3 is 5.32 Å². The lowest BCUT2D eigenvalue weighted by Gasteiger charge is -2.38. The van der Waals surface area contributed by atoms with Crippen LogP contribution in [0.15, 0.2) is 78.9 Å². The Kier molecular flexibility index (Phi) is 3.50. The molecule has 1 heterocycles. The van der Waals surface area contributed by atoms with Crippen LogP contribution in [0.5, 0.6) is 0 Å². The van der Waals surface area contributed by atoms with Gasteiger partial charge in [-0.1, -0.05) is 42.5 Å². The lowest BCUT2D eigenvalue weighted by Crippen LogP contribution is -2.43. The van der Waals surface area contributed by atoms with Gasteiger partial charge in [-0.2, -0.15) is 0 Å². The summed E-state index contributed by atoms with van der Waals surface area (Å²) in [5.41, 5.74) is 2.82. The summed E-state index contributed by atoms with van der Waals surface area (Å²) >= 11 is 0. The monoisotopic (exact) mass is 318 g/mol. The third-order valence-corrected chi connectivity index (χ3v) is 4.13. The number of para-hydroxylation sites is 2. The average molecular weight is 318 g/mol. The van der Waals surface area contributed by atoms with Crippen molar-refractivity contribution in [3.8, 4) is 0 Å². The maximum absolute atomic E-state index is 13.7. The maximum Gasteiger partial charge on any atom is 0.262 e. The zero-order chi connectivity index (χ0) is 16.5. The first-order valence-corrected chi connectivity index (χ1v) is 7.74. The van der Waals surface area contributed by atoms with Gasteiger partial charge in [0.2, 0.25) is 0 Å². The molecule has 24 heavy (non-hydrogen) atoms. The number of carbonyl (C=O) groups is 1. The highest BCUT2D eigenvalue weighted by Gasteiger charge is 2.33. The van der Waals surface area contributed by atoms with Crippen LogP contribution in [-0.4, -0.2) is 5.91 Å². The van der Waals surface area contributed by atoms with Crippen molar-refractivity contribution in [2.75, 3.05) is 10.2 Å². The molecule has 1 aliphatic heterocycles. The largest absolute Gasteiger partial charge is 0.360 e. The van der Waals surface area contributed by atoms with Gasteiger partial charge in [0.05, 0.1) is 5.56 Å². The predicted octanol–water partition coefficient (Wildman–Crippen LogP) is 4.60. The van der Waals surface area contributed by atoms with Crippen molar-refractivity contribution in [3.63, 3.8) is 0 Å². The molecular formula is C20H15FN2O. The van der Waals surface area contributed by atoms with Crippen LogP contribution in [0.4, 0.5) is 15.8 Å². The number of carbonyl (C=O) groups excluding carboxylic acids is 1. The van der Waals surface area contributed by atoms with Crippen LogP contribution >= 0.6 is 0 Å². The molecule has 1 aliphatic rings. The Morgan fingerprint density at radius 1 is 0.875 bits per heavy atom. The summed E-state index contributed by atoms with van der Waals surface area (Å²) in [5, 5.41) is 3.36. The number of rotatable bonds is 2. The van der Waals surface area contributed by atoms with Crippen LogP contribution in [0.3, 0.4) is 0 Å². The maximum atomic E-state index is 13.7. The minimum absolute atomic E-state index is 0.107. The number of fused-ring (bicyclic) bond motifs is 1. The number of nitrogens with one attached hydrogen (secondary N) is 1. The number of benzene rings is 3. The number of amides is 1. The highest BCUT2D eigenvalue weighted by atomic mass is 19.1. The molecule has 0 saturated heterocycles. The van der Waals surface area contributed by atoms with Crippen LogP contribution < -0.4 is 10.2 Å². The highest BCUT2D eigenvalue weighted by molar-refractivity contribution is 6.12. The van der Waals surface area contributed by atoms with Crippen molar-refractivity contribution < 1.29 is 9.18 Å². The minimum Gasteiger partial charge on any atom is -0.360 e. The first kappa shape index (κ1) is 14.5. The third kappa shape index (κ3) is 2.42. The second-order valence-corrected chi connectivity index (χ2v) is 5.66. The molecular weight excluding hydrogens is 303 g/mol. The van der Waals surface area contributed by atoms with E-state index in [2.05, 4.69) is 5.32 Å². The molecule has 1 atom stereocenters. The number of nitrogens with zero attached hydrogens (tertiary/aromatic N) is 1. The Balaban J connectivity index is 1.87. The Labute approximate surface area is 139 Å². The second-order valence-electron chi connectivity index (χ2n) is 5.66. The first-order valence-electron chi connectivity index (χ1n) is 7.74. The van der Waals surface area contributed by atoms with Crippen LogP contribution in [0.2, 0.25) is 0 Å². The molecule has 1 amide bonds. The van der Waals surface area contributed by atoms with E-state index in [4.69, 9.17) is 0 Å². The van der Waals surface area contributed by atoms with Gasteiger partial charge in [-0.15, -0.1) is 0 Å². The zero-order valence-corrected chi connectivity index (χ0v) is 12.8. The quantitative estimate of drug-likeness (QED) is 0.749. The molecule has 0 unspecified atom stereocenters. The van der Waals surface area contributed by atoms with Gasteiger partial charge in [-0.25, -0.2) is 4.39 Å². The summed E-state index contributed by atoms with van der Waals surface area (Å²) in [6.45, 7) is 0. The number of halogens is 1. The van der Waals surface area contributed by atoms with Gasteiger partial charge in [-0.3, -0.25) is 9.69 Å². The standard InChI is InChI=1S/C20H15FN2O/c21-15-8-6-7-14(13-15)19-22-18-12-5-4-11-17(18)20(24)23(19)16-9-2-1-3-10-16/h1-13,19,22H/t19-/m0/s1. The summed E-state index contributed by atoms with van der Waals surface area (Å²) in [6, 6.07) is 23.1. The van der Waals surface area contributed by atoms with Crippen molar-refractivity contribution in [3.05, 3.63) is 95.8 Å². The van der Waals surface area contributed by atoms with E-state index in [0.717, 1.165) is 11.4 Å². The molecule has 0 spiro atoms. The van der Waals surface area contributed by atoms with Crippen LogP contribution in [0.1, 0.15) is 22.1 Å². The lowest BCUT2D eigenvalue weighted by atomic mass is 10.0. The third-order valence-electron chi connectivity index (χ3n) is 4.13. The molecule has 0 radical (unpaired) electrons. The Hall–Kier alpha value is -3.14.